The highest BCUT2D eigenvalue weighted by Crippen LogP contribution is 2.40. The van der Waals surface area contributed by atoms with Crippen LogP contribution in [0.1, 0.15) is 59.8 Å². The molecule has 1 aliphatic heterocycles. The highest BCUT2D eigenvalue weighted by molar-refractivity contribution is 14.1. The predicted octanol–water partition coefficient (Wildman–Crippen LogP) is 7.14. The largest absolute Gasteiger partial charge is 0.481 e. The van der Waals surface area contributed by atoms with E-state index >= 15 is 0 Å². The highest BCUT2D eigenvalue weighted by Gasteiger charge is 2.42. The lowest BCUT2D eigenvalue weighted by atomic mass is 9.98. The summed E-state index contributed by atoms with van der Waals surface area (Å²) in [6.45, 7) is 2.19. The van der Waals surface area contributed by atoms with Crippen LogP contribution >= 0.6 is 45.8 Å². The Morgan fingerprint density at radius 3 is 2.22 bits per heavy atom. The summed E-state index contributed by atoms with van der Waals surface area (Å²) in [6.07, 6.45) is 0.918. The van der Waals surface area contributed by atoms with E-state index in [0.29, 0.717) is 46.2 Å². The van der Waals surface area contributed by atoms with Gasteiger partial charge in [0.2, 0.25) is 0 Å². The van der Waals surface area contributed by atoms with Gasteiger partial charge in [-0.25, -0.2) is 0 Å². The van der Waals surface area contributed by atoms with Crippen molar-refractivity contribution in [2.24, 2.45) is 0 Å². The number of carbonyl (C=O) groups is 3. The first-order valence-corrected chi connectivity index (χ1v) is 13.7. The molecular weight excluding hydrogens is 626 g/mol. The Kier molecular flexibility index (Phi) is 8.77. The molecule has 0 aromatic heterocycles. The normalized spacial score (nSPS) is 16.4. The van der Waals surface area contributed by atoms with Gasteiger partial charge in [0.15, 0.2) is 0 Å². The summed E-state index contributed by atoms with van der Waals surface area (Å²) < 4.78 is 0.868. The molecule has 9 heteroatoms. The minimum absolute atomic E-state index is 0.0147. The van der Waals surface area contributed by atoms with E-state index in [9.17, 15) is 14.4 Å². The molecule has 192 valence electrons. The summed E-state index contributed by atoms with van der Waals surface area (Å²) in [7, 11) is 0. The number of amides is 2. The van der Waals surface area contributed by atoms with E-state index in [1.54, 1.807) is 58.3 Å². The Labute approximate surface area is 239 Å². The molecule has 37 heavy (non-hydrogen) atoms. The van der Waals surface area contributed by atoms with Gasteiger partial charge < -0.3 is 14.9 Å². The summed E-state index contributed by atoms with van der Waals surface area (Å²) in [5, 5.41) is 10.2. The molecule has 2 amide bonds. The molecule has 0 fully saturated rings. The first-order chi connectivity index (χ1) is 17.7. The van der Waals surface area contributed by atoms with Crippen LogP contribution in [0.2, 0.25) is 10.0 Å². The fraction of sp³-hybridized carbons (Fsp3) is 0.250. The van der Waals surface area contributed by atoms with Crippen LogP contribution in [0, 0.1) is 3.57 Å². The maximum absolute atomic E-state index is 14.3. The third-order valence-corrected chi connectivity index (χ3v) is 7.65. The second-order valence-electron chi connectivity index (χ2n) is 8.90. The molecule has 4 rings (SSSR count). The average Bonchev–Trinajstić information content (AvgIpc) is 2.95. The molecule has 3 aromatic carbocycles. The van der Waals surface area contributed by atoms with Gasteiger partial charge in [-0.2, -0.15) is 0 Å². The topological polar surface area (TPSA) is 77.9 Å². The number of halogens is 3. The Morgan fingerprint density at radius 2 is 1.59 bits per heavy atom. The lowest BCUT2D eigenvalue weighted by molar-refractivity contribution is -0.137. The molecule has 0 radical (unpaired) electrons. The highest BCUT2D eigenvalue weighted by atomic mass is 127. The number of fused-ring (bicyclic) bond motifs is 1. The number of hydrogen-bond acceptors (Lipinski definition) is 3. The standard InChI is InChI=1S/C28H25Cl2IN2O4/c1-17(18-5-9-20(29)10-6-18)33-26(19-7-11-21(30)12-8-19)28(37)32(15-3-2-4-25(34)35)24-14-13-22(31)16-23(24)27(33)36/h5-14,16-17,26H,2-4,15H2,1H3,(H,34,35)/t17-,26-/m0/s1. The minimum atomic E-state index is -0.917. The maximum atomic E-state index is 14.3. The first-order valence-electron chi connectivity index (χ1n) is 11.8. The van der Waals surface area contributed by atoms with Gasteiger partial charge in [0.1, 0.15) is 6.04 Å². The van der Waals surface area contributed by atoms with Crippen LogP contribution < -0.4 is 4.90 Å². The number of anilines is 1. The number of benzene rings is 3. The van der Waals surface area contributed by atoms with Gasteiger partial charge in [0.25, 0.3) is 11.8 Å². The summed E-state index contributed by atoms with van der Waals surface area (Å²) in [5.41, 5.74) is 2.43. The van der Waals surface area contributed by atoms with Crippen molar-refractivity contribution in [3.63, 3.8) is 0 Å². The number of nitrogens with zero attached hydrogens (tertiary/aromatic N) is 2. The molecule has 0 bridgehead atoms. The monoisotopic (exact) mass is 650 g/mol. The van der Waals surface area contributed by atoms with Crippen LogP contribution in [0.15, 0.2) is 66.7 Å². The number of hydrogen-bond donors (Lipinski definition) is 1. The molecule has 1 aliphatic rings. The van der Waals surface area contributed by atoms with E-state index in [1.807, 2.05) is 25.1 Å². The molecule has 0 saturated carbocycles. The van der Waals surface area contributed by atoms with Gasteiger partial charge in [-0.3, -0.25) is 14.4 Å². The SMILES string of the molecule is C[C@@H](c1ccc(Cl)cc1)N1C(=O)c2cc(I)ccc2N(CCCCC(=O)O)C(=O)[C@@H]1c1ccc(Cl)cc1. The lowest BCUT2D eigenvalue weighted by Crippen LogP contribution is -2.44. The van der Waals surface area contributed by atoms with Gasteiger partial charge in [0.05, 0.1) is 17.3 Å². The fourth-order valence-electron chi connectivity index (χ4n) is 4.58. The summed E-state index contributed by atoms with van der Waals surface area (Å²) in [4.78, 5) is 42.8. The van der Waals surface area contributed by atoms with Crippen LogP contribution in [0.3, 0.4) is 0 Å². The van der Waals surface area contributed by atoms with Crippen molar-refractivity contribution in [2.75, 3.05) is 11.4 Å². The molecule has 0 saturated heterocycles. The van der Waals surface area contributed by atoms with Crippen molar-refractivity contribution < 1.29 is 19.5 Å². The van der Waals surface area contributed by atoms with Gasteiger partial charge in [-0.15, -0.1) is 0 Å². The number of carbonyl (C=O) groups excluding carboxylic acids is 2. The summed E-state index contributed by atoms with van der Waals surface area (Å²) in [5.74, 6) is -1.40. The Balaban J connectivity index is 1.85. The average molecular weight is 651 g/mol. The van der Waals surface area contributed by atoms with E-state index in [-0.39, 0.29) is 18.2 Å². The number of rotatable bonds is 8. The second-order valence-corrected chi connectivity index (χ2v) is 11.0. The Bertz CT molecular complexity index is 1310. The molecule has 3 aromatic rings. The zero-order chi connectivity index (χ0) is 26.7. The molecule has 0 spiro atoms. The quantitative estimate of drug-likeness (QED) is 0.208. The fourth-order valence-corrected chi connectivity index (χ4v) is 5.33. The summed E-state index contributed by atoms with van der Waals surface area (Å²) >= 11 is 14.4. The first kappa shape index (κ1) is 27.4. The van der Waals surface area contributed by atoms with Crippen molar-refractivity contribution >= 4 is 69.3 Å². The van der Waals surface area contributed by atoms with Crippen molar-refractivity contribution in [2.45, 2.75) is 38.3 Å². The number of carboxylic acid groups (broad SMARTS) is 1. The van der Waals surface area contributed by atoms with Gasteiger partial charge in [0, 0.05) is 26.6 Å². The molecular formula is C28H25Cl2IN2O4. The van der Waals surface area contributed by atoms with E-state index in [2.05, 4.69) is 22.6 Å². The van der Waals surface area contributed by atoms with E-state index in [1.165, 1.54) is 0 Å². The van der Waals surface area contributed by atoms with E-state index < -0.39 is 18.1 Å². The van der Waals surface area contributed by atoms with Crippen molar-refractivity contribution in [1.29, 1.82) is 0 Å². The molecule has 2 atom stereocenters. The van der Waals surface area contributed by atoms with Crippen LogP contribution in [0.25, 0.3) is 0 Å². The third-order valence-electron chi connectivity index (χ3n) is 6.47. The Morgan fingerprint density at radius 1 is 0.973 bits per heavy atom. The molecule has 6 nitrogen and oxygen atoms in total. The molecule has 0 aliphatic carbocycles. The summed E-state index contributed by atoms with van der Waals surface area (Å²) in [6, 6.07) is 18.3. The molecule has 1 N–H and O–H groups in total. The van der Waals surface area contributed by atoms with Crippen LogP contribution in [-0.4, -0.2) is 34.3 Å². The maximum Gasteiger partial charge on any atom is 0.303 e. The zero-order valence-electron chi connectivity index (χ0n) is 20.0. The van der Waals surface area contributed by atoms with Crippen LogP contribution in [0.5, 0.6) is 0 Å². The Hall–Kier alpha value is -2.62. The van der Waals surface area contributed by atoms with E-state index in [0.717, 1.165) is 9.13 Å². The second kappa shape index (κ2) is 11.8. The third kappa shape index (κ3) is 6.10. The number of carboxylic acids is 1. The molecule has 1 heterocycles. The van der Waals surface area contributed by atoms with Crippen LogP contribution in [0.4, 0.5) is 5.69 Å². The van der Waals surface area contributed by atoms with Crippen molar-refractivity contribution in [3.05, 3.63) is 97.0 Å². The van der Waals surface area contributed by atoms with Gasteiger partial charge in [-0.1, -0.05) is 47.5 Å². The minimum Gasteiger partial charge on any atom is -0.481 e. The zero-order valence-corrected chi connectivity index (χ0v) is 23.7. The van der Waals surface area contributed by atoms with Gasteiger partial charge >= 0.3 is 5.97 Å². The van der Waals surface area contributed by atoms with Crippen molar-refractivity contribution in [3.8, 4) is 0 Å². The van der Waals surface area contributed by atoms with Gasteiger partial charge in [-0.05, 0) is 95.9 Å². The van der Waals surface area contributed by atoms with E-state index in [4.69, 9.17) is 28.3 Å². The number of unbranched alkanes of at least 4 members (excludes halogenated alkanes) is 1. The smallest absolute Gasteiger partial charge is 0.303 e. The number of aliphatic carboxylic acids is 1. The molecule has 0 unspecified atom stereocenters. The van der Waals surface area contributed by atoms with Crippen molar-refractivity contribution in [1.82, 2.24) is 4.90 Å². The van der Waals surface area contributed by atoms with Crippen LogP contribution in [-0.2, 0) is 9.59 Å². The predicted molar refractivity (Wildman–Crippen MR) is 153 cm³/mol. The lowest BCUT2D eigenvalue weighted by Gasteiger charge is -2.36.